The largest absolute Gasteiger partial charge is 0.472 e. The molecule has 542 valence electrons. The number of aliphatic hydroxyl groups is 1. The number of phosphoric ester groups is 2. The number of carbonyl (C=O) groups is 4. The molecule has 92 heavy (non-hydrogen) atoms. The van der Waals surface area contributed by atoms with Crippen LogP contribution in [0.3, 0.4) is 0 Å². The maximum atomic E-state index is 13.1. The van der Waals surface area contributed by atoms with Crippen LogP contribution in [-0.4, -0.2) is 96.7 Å². The van der Waals surface area contributed by atoms with Gasteiger partial charge in [0.05, 0.1) is 26.4 Å². The standard InChI is InChI=1S/C73H138O17P2/c1-5-9-13-17-21-24-26-28-30-31-32-33-34-35-36-38-40-42-44-48-52-56-60-73(78)90-69(64-84-71(76)58-54-50-47-43-41-39-37-29-27-25-22-18-14-10-6-2)66-88-92(81,82)86-62-67(74)61-85-91(79,80)87-65-68(63-83-70(75)57-53-49-45-20-16-12-8-4)89-72(77)59-55-51-46-23-19-15-11-7-3/h25,27,29,37,67-69,74H,5-24,26,28,30-36,38-66H2,1-4H3,(H,79,80)(H,81,82)/b27-25-,37-29-/t67-,68+,69+/m0/s1. The molecule has 0 rings (SSSR count). The van der Waals surface area contributed by atoms with Crippen molar-refractivity contribution in [3.63, 3.8) is 0 Å². The number of rotatable bonds is 72. The average Bonchev–Trinajstić information content (AvgIpc) is 1.94. The number of allylic oxidation sites excluding steroid dienone is 4. The van der Waals surface area contributed by atoms with Gasteiger partial charge < -0.3 is 33.8 Å². The van der Waals surface area contributed by atoms with Crippen molar-refractivity contribution in [3.8, 4) is 0 Å². The van der Waals surface area contributed by atoms with Crippen molar-refractivity contribution in [2.75, 3.05) is 39.6 Å². The second kappa shape index (κ2) is 67.1. The van der Waals surface area contributed by atoms with Gasteiger partial charge in [-0.2, -0.15) is 0 Å². The minimum Gasteiger partial charge on any atom is -0.462 e. The highest BCUT2D eigenvalue weighted by Crippen LogP contribution is 2.45. The van der Waals surface area contributed by atoms with Crippen LogP contribution in [0.5, 0.6) is 0 Å². The zero-order valence-electron chi connectivity index (χ0n) is 59.0. The Kier molecular flexibility index (Phi) is 65.3. The van der Waals surface area contributed by atoms with Crippen molar-refractivity contribution in [3.05, 3.63) is 24.3 Å². The summed E-state index contributed by atoms with van der Waals surface area (Å²) in [6.45, 7) is 4.82. The second-order valence-corrected chi connectivity index (χ2v) is 28.6. The molecular weight excluding hydrogens is 1210 g/mol. The van der Waals surface area contributed by atoms with Gasteiger partial charge in [-0.3, -0.25) is 37.3 Å². The minimum atomic E-state index is -4.96. The summed E-state index contributed by atoms with van der Waals surface area (Å²) in [6.07, 6.45) is 59.5. The normalized spacial score (nSPS) is 14.1. The lowest BCUT2D eigenvalue weighted by molar-refractivity contribution is -0.161. The zero-order valence-corrected chi connectivity index (χ0v) is 60.8. The predicted molar refractivity (Wildman–Crippen MR) is 372 cm³/mol. The van der Waals surface area contributed by atoms with E-state index in [9.17, 15) is 43.2 Å². The van der Waals surface area contributed by atoms with Gasteiger partial charge in [-0.25, -0.2) is 9.13 Å². The molecule has 3 N–H and O–H groups in total. The molecule has 0 aromatic rings. The molecule has 0 heterocycles. The molecule has 0 amide bonds. The minimum absolute atomic E-state index is 0.102. The van der Waals surface area contributed by atoms with E-state index in [1.165, 1.54) is 154 Å². The van der Waals surface area contributed by atoms with Crippen LogP contribution in [0.1, 0.15) is 362 Å². The summed E-state index contributed by atoms with van der Waals surface area (Å²) in [7, 11) is -9.90. The maximum Gasteiger partial charge on any atom is 0.472 e. The molecule has 19 heteroatoms. The summed E-state index contributed by atoms with van der Waals surface area (Å²) >= 11 is 0. The molecule has 0 spiro atoms. The molecule has 0 saturated carbocycles. The Bertz CT molecular complexity index is 1850. The SMILES string of the molecule is CCCCCC/C=C\C=C/CCCCCCCC(=O)OC[C@H](COP(=O)(O)OC[C@@H](O)COP(=O)(O)OC[C@@H](COC(=O)CCCCCCCCC)OC(=O)CCCCCCCCCC)OC(=O)CCCCCCCCCCCCCCCCCCCCCCCC. The monoisotopic (exact) mass is 1350 g/mol. The fourth-order valence-corrected chi connectivity index (χ4v) is 12.3. The molecule has 0 radical (unpaired) electrons. The molecule has 0 aliphatic carbocycles. The molecule has 0 fully saturated rings. The molecule has 0 aromatic carbocycles. The van der Waals surface area contributed by atoms with E-state index in [0.717, 1.165) is 128 Å². The highest BCUT2D eigenvalue weighted by Gasteiger charge is 2.30. The van der Waals surface area contributed by atoms with Crippen molar-refractivity contribution in [2.24, 2.45) is 0 Å². The van der Waals surface area contributed by atoms with Crippen molar-refractivity contribution >= 4 is 39.5 Å². The second-order valence-electron chi connectivity index (χ2n) is 25.6. The van der Waals surface area contributed by atoms with Gasteiger partial charge in [0.25, 0.3) is 0 Å². The quantitative estimate of drug-likeness (QED) is 0.0169. The Morgan fingerprint density at radius 2 is 0.522 bits per heavy atom. The zero-order chi connectivity index (χ0) is 67.5. The topological polar surface area (TPSA) is 237 Å². The van der Waals surface area contributed by atoms with E-state index >= 15 is 0 Å². The molecule has 2 unspecified atom stereocenters. The Hall–Kier alpha value is -2.46. The van der Waals surface area contributed by atoms with E-state index < -0.39 is 97.5 Å². The molecular formula is C73H138O17P2. The van der Waals surface area contributed by atoms with E-state index in [1.54, 1.807) is 0 Å². The summed E-state index contributed by atoms with van der Waals surface area (Å²) in [5, 5.41) is 10.6. The first-order valence-electron chi connectivity index (χ1n) is 37.6. The first-order chi connectivity index (χ1) is 44.7. The summed E-state index contributed by atoms with van der Waals surface area (Å²) < 4.78 is 68.1. The smallest absolute Gasteiger partial charge is 0.462 e. The van der Waals surface area contributed by atoms with Crippen molar-refractivity contribution < 1.29 is 80.2 Å². The lowest BCUT2D eigenvalue weighted by atomic mass is 10.0. The van der Waals surface area contributed by atoms with Crippen LogP contribution in [0.2, 0.25) is 0 Å². The van der Waals surface area contributed by atoms with Crippen LogP contribution >= 0.6 is 15.6 Å². The van der Waals surface area contributed by atoms with Crippen molar-refractivity contribution in [1.82, 2.24) is 0 Å². The van der Waals surface area contributed by atoms with Gasteiger partial charge in [0.15, 0.2) is 12.2 Å². The fraction of sp³-hybridized carbons (Fsp3) is 0.890. The van der Waals surface area contributed by atoms with Gasteiger partial charge in [-0.1, -0.05) is 309 Å². The molecule has 0 aliphatic heterocycles. The van der Waals surface area contributed by atoms with Gasteiger partial charge in [-0.05, 0) is 51.4 Å². The lowest BCUT2D eigenvalue weighted by Crippen LogP contribution is -2.30. The van der Waals surface area contributed by atoms with Gasteiger partial charge in [-0.15, -0.1) is 0 Å². The van der Waals surface area contributed by atoms with E-state index in [1.807, 2.05) is 0 Å². The number of esters is 4. The van der Waals surface area contributed by atoms with Crippen LogP contribution < -0.4 is 0 Å². The fourth-order valence-electron chi connectivity index (χ4n) is 10.7. The van der Waals surface area contributed by atoms with Crippen molar-refractivity contribution in [1.29, 1.82) is 0 Å². The highest BCUT2D eigenvalue weighted by atomic mass is 31.2. The van der Waals surface area contributed by atoms with Crippen molar-refractivity contribution in [2.45, 2.75) is 380 Å². The van der Waals surface area contributed by atoms with Crippen LogP contribution in [-0.2, 0) is 65.4 Å². The number of phosphoric acid groups is 2. The van der Waals surface area contributed by atoms with Crippen LogP contribution in [0, 0.1) is 0 Å². The molecule has 17 nitrogen and oxygen atoms in total. The highest BCUT2D eigenvalue weighted by molar-refractivity contribution is 7.47. The number of carbonyl (C=O) groups excluding carboxylic acids is 4. The van der Waals surface area contributed by atoms with E-state index in [2.05, 4.69) is 52.0 Å². The van der Waals surface area contributed by atoms with E-state index in [4.69, 9.17) is 37.0 Å². The molecule has 0 aliphatic rings. The Morgan fingerprint density at radius 1 is 0.304 bits per heavy atom. The summed E-state index contributed by atoms with van der Waals surface area (Å²) in [6, 6.07) is 0. The van der Waals surface area contributed by atoms with Gasteiger partial charge in [0.1, 0.15) is 19.3 Å². The summed E-state index contributed by atoms with van der Waals surface area (Å²) in [5.41, 5.74) is 0. The Labute approximate surface area is 561 Å². The molecule has 0 bridgehead atoms. The number of hydrogen-bond acceptors (Lipinski definition) is 15. The third kappa shape index (κ3) is 66.2. The Balaban J connectivity index is 5.14. The van der Waals surface area contributed by atoms with Crippen LogP contribution in [0.4, 0.5) is 0 Å². The molecule has 0 saturated heterocycles. The first-order valence-corrected chi connectivity index (χ1v) is 40.6. The molecule has 5 atom stereocenters. The van der Waals surface area contributed by atoms with Crippen LogP contribution in [0.15, 0.2) is 24.3 Å². The van der Waals surface area contributed by atoms with Gasteiger partial charge >= 0.3 is 39.5 Å². The Morgan fingerprint density at radius 3 is 0.793 bits per heavy atom. The predicted octanol–water partition coefficient (Wildman–Crippen LogP) is 21.0. The summed E-state index contributed by atoms with van der Waals surface area (Å²) in [5.74, 6) is -2.16. The molecule has 0 aromatic heterocycles. The van der Waals surface area contributed by atoms with E-state index in [0.29, 0.717) is 25.7 Å². The first kappa shape index (κ1) is 89.5. The number of hydrogen-bond donors (Lipinski definition) is 3. The third-order valence-electron chi connectivity index (χ3n) is 16.5. The van der Waals surface area contributed by atoms with Crippen LogP contribution in [0.25, 0.3) is 0 Å². The van der Waals surface area contributed by atoms with Gasteiger partial charge in [0, 0.05) is 25.7 Å². The third-order valence-corrected chi connectivity index (χ3v) is 18.4. The maximum absolute atomic E-state index is 13.1. The van der Waals surface area contributed by atoms with E-state index in [-0.39, 0.29) is 25.7 Å². The number of unbranched alkanes of at least 4 members (excludes halogenated alkanes) is 43. The number of ether oxygens (including phenoxy) is 4. The van der Waals surface area contributed by atoms with Gasteiger partial charge in [0.2, 0.25) is 0 Å². The average molecular weight is 1350 g/mol. The number of aliphatic hydroxyl groups excluding tert-OH is 1. The lowest BCUT2D eigenvalue weighted by Gasteiger charge is -2.21. The summed E-state index contributed by atoms with van der Waals surface area (Å²) in [4.78, 5) is 72.3.